The van der Waals surface area contributed by atoms with Gasteiger partial charge in [-0.15, -0.1) is 0 Å². The molecule has 0 radical (unpaired) electrons. The van der Waals surface area contributed by atoms with Crippen molar-refractivity contribution >= 4 is 45.7 Å². The summed E-state index contributed by atoms with van der Waals surface area (Å²) in [5.74, 6) is -4.13. The van der Waals surface area contributed by atoms with Crippen molar-refractivity contribution in [3.05, 3.63) is 0 Å². The first-order valence-corrected chi connectivity index (χ1v) is 19.4. The van der Waals surface area contributed by atoms with E-state index in [-0.39, 0.29) is 6.61 Å². The highest BCUT2D eigenvalue weighted by Crippen LogP contribution is 2.24. The van der Waals surface area contributed by atoms with Gasteiger partial charge in [0.2, 0.25) is 0 Å². The Kier molecular flexibility index (Phi) is 10.3. The first-order chi connectivity index (χ1) is 11.9. The molecule has 0 aliphatic carbocycles. The number of halogens is 4. The minimum Gasteiger partial charge on any atom is -0.420 e. The maximum atomic E-state index is 12.8. The first kappa shape index (κ1) is 24.6. The van der Waals surface area contributed by atoms with Crippen LogP contribution in [0, 0.1) is 0 Å². The second-order valence-corrected chi connectivity index (χ2v) is 18.7. The number of ether oxygens (including phenoxy) is 1. The molecule has 0 spiro atoms. The Morgan fingerprint density at radius 3 is 1.85 bits per heavy atom. The molecule has 0 saturated carbocycles. The van der Waals surface area contributed by atoms with Gasteiger partial charge in [0, 0.05) is 6.61 Å². The largest absolute Gasteiger partial charge is 0.420 e. The van der Waals surface area contributed by atoms with Gasteiger partial charge in [-0.25, -0.2) is 8.78 Å². The van der Waals surface area contributed by atoms with Crippen LogP contribution in [0.15, 0.2) is 0 Å². The molecule has 4 atom stereocenters. The lowest BCUT2D eigenvalue weighted by Crippen LogP contribution is -2.52. The monoisotopic (exact) mass is 472 g/mol. The molecule has 1 aliphatic rings. The summed E-state index contributed by atoms with van der Waals surface area (Å²) < 4.78 is 84.3. The Balaban J connectivity index is 2.54. The van der Waals surface area contributed by atoms with Crippen LogP contribution in [0.3, 0.4) is 0 Å². The molecular formula is C11H28F4O6Si5. The maximum absolute atomic E-state index is 12.8. The van der Waals surface area contributed by atoms with Crippen molar-refractivity contribution < 1.29 is 42.9 Å². The highest BCUT2D eigenvalue weighted by atomic mass is 28.5. The SMILES string of the molecule is C[Si@@H]1O[Si@@H](C)O[Si@H](C)O[Si](C)(CCCOCC(F)(F)C(F)F)O[Si@@H](C)O1. The lowest BCUT2D eigenvalue weighted by molar-refractivity contribution is -0.165. The van der Waals surface area contributed by atoms with Crippen molar-refractivity contribution in [3.8, 4) is 0 Å². The molecule has 0 amide bonds. The minimum atomic E-state index is -4.13. The van der Waals surface area contributed by atoms with Crippen LogP contribution in [0.5, 0.6) is 0 Å². The molecule has 1 aliphatic heterocycles. The van der Waals surface area contributed by atoms with E-state index in [1.54, 1.807) is 0 Å². The van der Waals surface area contributed by atoms with Crippen molar-refractivity contribution in [2.24, 2.45) is 0 Å². The molecule has 0 unspecified atom stereocenters. The normalized spacial score (nSPS) is 31.2. The van der Waals surface area contributed by atoms with Gasteiger partial charge >= 0.3 is 20.9 Å². The highest BCUT2D eigenvalue weighted by molar-refractivity contribution is 6.80. The van der Waals surface area contributed by atoms with Crippen LogP contribution in [0.1, 0.15) is 6.42 Å². The molecule has 0 aromatic carbocycles. The van der Waals surface area contributed by atoms with E-state index in [4.69, 9.17) is 25.3 Å². The Labute approximate surface area is 159 Å². The van der Waals surface area contributed by atoms with Gasteiger partial charge in [-0.05, 0) is 45.2 Å². The Hall–Kier alpha value is 0.564. The zero-order chi connectivity index (χ0) is 20.0. The lowest BCUT2D eigenvalue weighted by Gasteiger charge is -2.36. The second kappa shape index (κ2) is 10.9. The minimum absolute atomic E-state index is 0.0649. The molecule has 6 nitrogen and oxygen atoms in total. The van der Waals surface area contributed by atoms with Crippen LogP contribution < -0.4 is 0 Å². The number of rotatable bonds is 7. The molecule has 156 valence electrons. The summed E-state index contributed by atoms with van der Waals surface area (Å²) in [7, 11) is -10.1. The molecule has 26 heavy (non-hydrogen) atoms. The van der Waals surface area contributed by atoms with Crippen molar-refractivity contribution in [2.45, 2.75) is 57.5 Å². The van der Waals surface area contributed by atoms with Gasteiger partial charge in [-0.2, -0.15) is 8.78 Å². The molecule has 1 saturated heterocycles. The van der Waals surface area contributed by atoms with Gasteiger partial charge in [-0.3, -0.25) is 0 Å². The fraction of sp³-hybridized carbons (Fsp3) is 1.00. The number of alkyl halides is 4. The third-order valence-corrected chi connectivity index (χ3v) is 20.6. The van der Waals surface area contributed by atoms with Crippen LogP contribution in [0.25, 0.3) is 0 Å². The highest BCUT2D eigenvalue weighted by Gasteiger charge is 2.41. The van der Waals surface area contributed by atoms with E-state index < -0.39 is 64.7 Å². The van der Waals surface area contributed by atoms with Gasteiger partial charge < -0.3 is 25.3 Å². The van der Waals surface area contributed by atoms with Crippen molar-refractivity contribution in [2.75, 3.05) is 13.2 Å². The van der Waals surface area contributed by atoms with E-state index in [1.807, 2.05) is 32.7 Å². The van der Waals surface area contributed by atoms with Crippen LogP contribution in [0.2, 0.25) is 38.8 Å². The Bertz CT molecular complexity index is 409. The van der Waals surface area contributed by atoms with Gasteiger partial charge in [0.25, 0.3) is 37.1 Å². The Morgan fingerprint density at radius 2 is 1.38 bits per heavy atom. The molecule has 0 aromatic rings. The van der Waals surface area contributed by atoms with Gasteiger partial charge in [-0.1, -0.05) is 0 Å². The third-order valence-electron chi connectivity index (χ3n) is 3.51. The van der Waals surface area contributed by atoms with Crippen LogP contribution in [-0.2, 0) is 25.3 Å². The second-order valence-electron chi connectivity index (χ2n) is 6.27. The van der Waals surface area contributed by atoms with E-state index in [0.29, 0.717) is 12.5 Å². The average Bonchev–Trinajstić information content (AvgIpc) is 2.44. The zero-order valence-corrected chi connectivity index (χ0v) is 21.3. The predicted octanol–water partition coefficient (Wildman–Crippen LogP) is 1.86. The van der Waals surface area contributed by atoms with Crippen LogP contribution in [0.4, 0.5) is 17.6 Å². The van der Waals surface area contributed by atoms with Crippen molar-refractivity contribution in [1.29, 1.82) is 0 Å². The van der Waals surface area contributed by atoms with E-state index in [2.05, 4.69) is 0 Å². The summed E-state index contributed by atoms with van der Waals surface area (Å²) in [5, 5.41) is 0. The lowest BCUT2D eigenvalue weighted by atomic mass is 10.4. The van der Waals surface area contributed by atoms with Crippen LogP contribution in [-0.4, -0.2) is 71.3 Å². The van der Waals surface area contributed by atoms with Gasteiger partial charge in [0.05, 0.1) is 0 Å². The predicted molar refractivity (Wildman–Crippen MR) is 100 cm³/mol. The molecule has 15 heteroatoms. The smallest absolute Gasteiger partial charge is 0.330 e. The zero-order valence-electron chi connectivity index (χ0n) is 15.7. The molecule has 0 bridgehead atoms. The Morgan fingerprint density at radius 1 is 0.923 bits per heavy atom. The molecular weight excluding hydrogens is 445 g/mol. The van der Waals surface area contributed by atoms with E-state index in [0.717, 1.165) is 0 Å². The number of hydrogen-bond donors (Lipinski definition) is 0. The third kappa shape index (κ3) is 9.17. The van der Waals surface area contributed by atoms with Crippen molar-refractivity contribution in [1.82, 2.24) is 0 Å². The first-order valence-electron chi connectivity index (χ1n) is 8.49. The maximum Gasteiger partial charge on any atom is 0.330 e. The molecule has 1 fully saturated rings. The average molecular weight is 473 g/mol. The number of hydrogen-bond acceptors (Lipinski definition) is 6. The quantitative estimate of drug-likeness (QED) is 0.320. The van der Waals surface area contributed by atoms with E-state index in [1.165, 1.54) is 0 Å². The van der Waals surface area contributed by atoms with Crippen molar-refractivity contribution in [3.63, 3.8) is 0 Å². The van der Waals surface area contributed by atoms with Crippen LogP contribution >= 0.6 is 0 Å². The van der Waals surface area contributed by atoms with Gasteiger partial charge in [0.1, 0.15) is 6.61 Å². The summed E-state index contributed by atoms with van der Waals surface area (Å²) in [5.41, 5.74) is 0. The fourth-order valence-electron chi connectivity index (χ4n) is 2.54. The fourth-order valence-corrected chi connectivity index (χ4v) is 20.2. The summed E-state index contributed by atoms with van der Waals surface area (Å²) in [4.78, 5) is 0. The standard InChI is InChI=1S/C11H28F4O6Si5/c1-22-17-23(2)19-25(4)21-26(5,20-24(3)18-22)8-6-7-16-9-11(14,15)10(12)13/h10,22-25H,6-9H2,1-5H3/t22-,23-,24+,25+/m1/s1. The summed E-state index contributed by atoms with van der Waals surface area (Å²) in [6.45, 7) is 8.21. The molecule has 1 rings (SSSR count). The topological polar surface area (TPSA) is 55.4 Å². The molecule has 1 heterocycles. The van der Waals surface area contributed by atoms with Gasteiger partial charge in [0.15, 0.2) is 0 Å². The van der Waals surface area contributed by atoms with E-state index >= 15 is 0 Å². The summed E-state index contributed by atoms with van der Waals surface area (Å²) >= 11 is 0. The van der Waals surface area contributed by atoms with E-state index in [9.17, 15) is 17.6 Å². The molecule has 0 N–H and O–H groups in total. The summed E-state index contributed by atoms with van der Waals surface area (Å²) in [6, 6.07) is 0.487. The summed E-state index contributed by atoms with van der Waals surface area (Å²) in [6.07, 6.45) is -3.35. The molecule has 0 aromatic heterocycles.